The van der Waals surface area contributed by atoms with E-state index in [0.717, 1.165) is 43.5 Å². The van der Waals surface area contributed by atoms with Crippen LogP contribution in [0.15, 0.2) is 4.99 Å². The molecule has 5 heteroatoms. The number of thioether (sulfide) groups is 2. The van der Waals surface area contributed by atoms with Crippen molar-refractivity contribution < 1.29 is 4.74 Å². The van der Waals surface area contributed by atoms with Crippen molar-refractivity contribution in [2.45, 2.75) is 37.0 Å². The first-order chi connectivity index (χ1) is 8.05. The Labute approximate surface area is 113 Å². The summed E-state index contributed by atoms with van der Waals surface area (Å²) in [7, 11) is 0. The normalized spacial score (nSPS) is 26.4. The van der Waals surface area contributed by atoms with Gasteiger partial charge < -0.3 is 10.1 Å². The summed E-state index contributed by atoms with van der Waals surface area (Å²) in [5, 5.41) is 4.76. The van der Waals surface area contributed by atoms with Gasteiger partial charge in [-0.05, 0) is 32.9 Å². The van der Waals surface area contributed by atoms with E-state index in [2.05, 4.69) is 25.4 Å². The highest BCUT2D eigenvalue weighted by Gasteiger charge is 2.38. The van der Waals surface area contributed by atoms with Crippen LogP contribution >= 0.6 is 23.5 Å². The average Bonchev–Trinajstić information content (AvgIpc) is 2.71. The van der Waals surface area contributed by atoms with E-state index in [-0.39, 0.29) is 10.3 Å². The second kappa shape index (κ2) is 5.41. The molecule has 0 radical (unpaired) electrons. The summed E-state index contributed by atoms with van der Waals surface area (Å²) >= 11 is 3.75. The average molecular weight is 274 g/mol. The molecule has 3 nitrogen and oxygen atoms in total. The lowest BCUT2D eigenvalue weighted by Crippen LogP contribution is -2.48. The summed E-state index contributed by atoms with van der Waals surface area (Å²) in [4.78, 5) is 4.72. The smallest absolute Gasteiger partial charge is 0.157 e. The Hall–Kier alpha value is 0.130. The first-order valence-corrected chi connectivity index (χ1v) is 8.35. The first kappa shape index (κ1) is 13.6. The molecule has 2 saturated heterocycles. The summed E-state index contributed by atoms with van der Waals surface area (Å²) in [6.07, 6.45) is 4.38. The van der Waals surface area contributed by atoms with Gasteiger partial charge in [0, 0.05) is 23.7 Å². The first-order valence-electron chi connectivity index (χ1n) is 6.14. The number of nitrogens with zero attached hydrogens (tertiary/aromatic N) is 1. The van der Waals surface area contributed by atoms with E-state index in [1.54, 1.807) is 0 Å². The van der Waals surface area contributed by atoms with Crippen molar-refractivity contribution in [3.63, 3.8) is 0 Å². The molecule has 0 bridgehead atoms. The number of hydrogen-bond acceptors (Lipinski definition) is 4. The molecule has 2 aliphatic heterocycles. The Morgan fingerprint density at radius 2 is 2.18 bits per heavy atom. The van der Waals surface area contributed by atoms with E-state index < -0.39 is 0 Å². The van der Waals surface area contributed by atoms with Crippen LogP contribution in [0.2, 0.25) is 0 Å². The third-order valence-electron chi connectivity index (χ3n) is 3.46. The Morgan fingerprint density at radius 3 is 2.82 bits per heavy atom. The highest BCUT2D eigenvalue weighted by molar-refractivity contribution is 8.14. The lowest BCUT2D eigenvalue weighted by atomic mass is 9.93. The van der Waals surface area contributed by atoms with Crippen LogP contribution < -0.4 is 5.32 Å². The van der Waals surface area contributed by atoms with Gasteiger partial charge in [-0.15, -0.1) is 0 Å². The Kier molecular flexibility index (Phi) is 4.31. The van der Waals surface area contributed by atoms with Crippen molar-refractivity contribution >= 4 is 28.7 Å². The molecular weight excluding hydrogens is 252 g/mol. The maximum atomic E-state index is 5.43. The van der Waals surface area contributed by atoms with Gasteiger partial charge in [-0.25, -0.2) is 0 Å². The molecule has 0 aromatic carbocycles. The van der Waals surface area contributed by atoms with Gasteiger partial charge >= 0.3 is 0 Å². The molecule has 0 unspecified atom stereocenters. The molecule has 0 saturated carbocycles. The van der Waals surface area contributed by atoms with Gasteiger partial charge in [0.25, 0.3) is 0 Å². The van der Waals surface area contributed by atoms with Crippen molar-refractivity contribution in [2.24, 2.45) is 4.99 Å². The summed E-state index contributed by atoms with van der Waals surface area (Å²) in [5.41, 5.74) is 0.269. The van der Waals surface area contributed by atoms with Crippen LogP contribution in [0.25, 0.3) is 0 Å². The molecule has 2 rings (SSSR count). The van der Waals surface area contributed by atoms with Crippen molar-refractivity contribution in [1.82, 2.24) is 5.32 Å². The largest absolute Gasteiger partial charge is 0.381 e. The zero-order valence-corrected chi connectivity index (χ0v) is 12.5. The molecular formula is C12H22N2OS2. The zero-order valence-electron chi connectivity index (χ0n) is 10.9. The second-order valence-electron chi connectivity index (χ2n) is 5.39. The lowest BCUT2D eigenvalue weighted by Gasteiger charge is -2.32. The summed E-state index contributed by atoms with van der Waals surface area (Å²) in [5.74, 6) is 1.15. The Bertz CT molecular complexity index is 299. The van der Waals surface area contributed by atoms with Gasteiger partial charge in [0.15, 0.2) is 5.17 Å². The molecule has 2 fully saturated rings. The predicted molar refractivity (Wildman–Crippen MR) is 78.3 cm³/mol. The minimum atomic E-state index is 0.237. The SMILES string of the molecule is CSC(C)(C)CN=C1NC2(CCOCC2)CS1. The number of rotatable bonds is 3. The number of nitrogens with one attached hydrogen (secondary N) is 1. The van der Waals surface area contributed by atoms with E-state index in [1.807, 2.05) is 23.5 Å². The molecule has 2 aliphatic rings. The van der Waals surface area contributed by atoms with Crippen LogP contribution in [-0.2, 0) is 4.74 Å². The highest BCUT2D eigenvalue weighted by atomic mass is 32.2. The van der Waals surface area contributed by atoms with E-state index >= 15 is 0 Å². The Balaban J connectivity index is 1.90. The minimum Gasteiger partial charge on any atom is -0.381 e. The molecule has 0 aromatic heterocycles. The molecule has 2 heterocycles. The molecule has 0 aromatic rings. The van der Waals surface area contributed by atoms with Gasteiger partial charge in [0.1, 0.15) is 0 Å². The molecule has 0 aliphatic carbocycles. The Morgan fingerprint density at radius 1 is 1.47 bits per heavy atom. The van der Waals surface area contributed by atoms with Crippen LogP contribution in [-0.4, -0.2) is 47.2 Å². The van der Waals surface area contributed by atoms with Gasteiger partial charge in [-0.2, -0.15) is 11.8 Å². The van der Waals surface area contributed by atoms with Gasteiger partial charge in [0.05, 0.1) is 12.1 Å². The number of hydrogen-bond donors (Lipinski definition) is 1. The van der Waals surface area contributed by atoms with Gasteiger partial charge in [0.2, 0.25) is 0 Å². The third kappa shape index (κ3) is 3.55. The van der Waals surface area contributed by atoms with E-state index in [1.165, 1.54) is 0 Å². The standard InChI is InChI=1S/C12H22N2OS2/c1-11(2,16-3)8-13-10-14-12(9-17-10)4-6-15-7-5-12/h4-9H2,1-3H3,(H,13,14). The molecule has 17 heavy (non-hydrogen) atoms. The van der Waals surface area contributed by atoms with Crippen molar-refractivity contribution in [2.75, 3.05) is 31.8 Å². The molecule has 1 spiro atoms. The third-order valence-corrected chi connectivity index (χ3v) is 5.90. The van der Waals surface area contributed by atoms with Crippen LogP contribution in [0.5, 0.6) is 0 Å². The second-order valence-corrected chi connectivity index (χ2v) is 7.87. The van der Waals surface area contributed by atoms with Crippen molar-refractivity contribution in [3.8, 4) is 0 Å². The maximum absolute atomic E-state index is 5.43. The fourth-order valence-electron chi connectivity index (χ4n) is 1.95. The van der Waals surface area contributed by atoms with E-state index in [9.17, 15) is 0 Å². The van der Waals surface area contributed by atoms with Crippen LogP contribution in [0, 0.1) is 0 Å². The minimum absolute atomic E-state index is 0.237. The number of aliphatic imine (C=N–C) groups is 1. The molecule has 98 valence electrons. The molecule has 0 atom stereocenters. The quantitative estimate of drug-likeness (QED) is 0.856. The molecule has 0 amide bonds. The highest BCUT2D eigenvalue weighted by Crippen LogP contribution is 2.32. The lowest BCUT2D eigenvalue weighted by molar-refractivity contribution is 0.0555. The van der Waals surface area contributed by atoms with Crippen molar-refractivity contribution in [1.29, 1.82) is 0 Å². The fraction of sp³-hybridized carbons (Fsp3) is 0.917. The monoisotopic (exact) mass is 274 g/mol. The summed E-state index contributed by atoms with van der Waals surface area (Å²) in [6.45, 7) is 7.14. The summed E-state index contributed by atoms with van der Waals surface area (Å²) in [6, 6.07) is 0. The van der Waals surface area contributed by atoms with Gasteiger partial charge in [-0.3, -0.25) is 4.99 Å². The van der Waals surface area contributed by atoms with E-state index in [4.69, 9.17) is 9.73 Å². The van der Waals surface area contributed by atoms with Gasteiger partial charge in [-0.1, -0.05) is 11.8 Å². The fourth-order valence-corrected chi connectivity index (χ4v) is 3.36. The number of ether oxygens (including phenoxy) is 1. The predicted octanol–water partition coefficient (Wildman–Crippen LogP) is 2.37. The topological polar surface area (TPSA) is 33.6 Å². The number of amidine groups is 1. The zero-order chi connectivity index (χ0) is 12.4. The summed E-state index contributed by atoms with van der Waals surface area (Å²) < 4.78 is 5.67. The van der Waals surface area contributed by atoms with Crippen molar-refractivity contribution in [3.05, 3.63) is 0 Å². The molecule has 1 N–H and O–H groups in total. The van der Waals surface area contributed by atoms with Crippen LogP contribution in [0.3, 0.4) is 0 Å². The van der Waals surface area contributed by atoms with Crippen LogP contribution in [0.4, 0.5) is 0 Å². The van der Waals surface area contributed by atoms with Crippen LogP contribution in [0.1, 0.15) is 26.7 Å². The maximum Gasteiger partial charge on any atom is 0.157 e. The van der Waals surface area contributed by atoms with E-state index in [0.29, 0.717) is 0 Å².